The van der Waals surface area contributed by atoms with Crippen LogP contribution in [-0.4, -0.2) is 46.0 Å². The third kappa shape index (κ3) is 6.88. The smallest absolute Gasteiger partial charge is 0.287 e. The first kappa shape index (κ1) is 26.8. The number of nitrogens with zero attached hydrogens (tertiary/aromatic N) is 1. The molecule has 0 radical (unpaired) electrons. The zero-order valence-corrected chi connectivity index (χ0v) is 21.3. The molecule has 0 aliphatic heterocycles. The van der Waals surface area contributed by atoms with Crippen molar-refractivity contribution in [2.75, 3.05) is 28.4 Å². The maximum Gasteiger partial charge on any atom is 0.287 e. The highest BCUT2D eigenvalue weighted by atomic mass is 16.5. The summed E-state index contributed by atoms with van der Waals surface area (Å²) in [4.78, 5) is 26.0. The van der Waals surface area contributed by atoms with E-state index < -0.39 is 11.8 Å². The summed E-state index contributed by atoms with van der Waals surface area (Å²) in [5.74, 6) is 1.07. The fourth-order valence-corrected chi connectivity index (χ4v) is 3.37. The molecule has 0 saturated heterocycles. The molecule has 2 N–H and O–H groups in total. The van der Waals surface area contributed by atoms with Gasteiger partial charge in [-0.2, -0.15) is 5.10 Å². The number of rotatable bonds is 10. The van der Waals surface area contributed by atoms with Crippen LogP contribution in [-0.2, 0) is 4.79 Å². The molecule has 3 aromatic carbocycles. The van der Waals surface area contributed by atoms with Gasteiger partial charge in [0.05, 0.1) is 34.2 Å². The summed E-state index contributed by atoms with van der Waals surface area (Å²) < 4.78 is 21.2. The van der Waals surface area contributed by atoms with Gasteiger partial charge in [-0.1, -0.05) is 24.3 Å². The van der Waals surface area contributed by atoms with Crippen LogP contribution in [0.3, 0.4) is 0 Å². The molecule has 192 valence electrons. The van der Waals surface area contributed by atoms with Gasteiger partial charge in [0.15, 0.2) is 23.0 Å². The van der Waals surface area contributed by atoms with Crippen LogP contribution in [0.25, 0.3) is 6.08 Å². The van der Waals surface area contributed by atoms with Crippen LogP contribution in [0.2, 0.25) is 0 Å². The Bertz CT molecular complexity index is 1320. The summed E-state index contributed by atoms with van der Waals surface area (Å²) in [6.07, 6.45) is 1.53. The maximum atomic E-state index is 13.1. The molecule has 0 aromatic heterocycles. The monoisotopic (exact) mass is 503 g/mol. The number of ether oxygens (including phenoxy) is 4. The van der Waals surface area contributed by atoms with Gasteiger partial charge < -0.3 is 24.3 Å². The number of carbonyl (C=O) groups is 2. The first-order valence-corrected chi connectivity index (χ1v) is 11.3. The molecule has 0 bridgehead atoms. The van der Waals surface area contributed by atoms with Crippen molar-refractivity contribution in [3.05, 3.63) is 89.1 Å². The first-order chi connectivity index (χ1) is 17.9. The van der Waals surface area contributed by atoms with Crippen LogP contribution in [0.15, 0.2) is 77.5 Å². The second-order valence-electron chi connectivity index (χ2n) is 7.70. The molecule has 0 aliphatic rings. The number of carbonyl (C=O) groups excluding carboxylic acids is 2. The Labute approximate surface area is 215 Å². The van der Waals surface area contributed by atoms with Gasteiger partial charge in [-0.05, 0) is 61.0 Å². The lowest BCUT2D eigenvalue weighted by atomic mass is 10.1. The van der Waals surface area contributed by atoms with Gasteiger partial charge in [0.2, 0.25) is 0 Å². The van der Waals surface area contributed by atoms with Crippen molar-refractivity contribution in [1.82, 2.24) is 10.7 Å². The predicted molar refractivity (Wildman–Crippen MR) is 141 cm³/mol. The molecule has 3 aromatic rings. The minimum Gasteiger partial charge on any atom is -0.493 e. The molecule has 2 amide bonds. The highest BCUT2D eigenvalue weighted by Gasteiger charge is 2.16. The number of methoxy groups -OCH3 is 4. The average molecular weight is 504 g/mol. The van der Waals surface area contributed by atoms with Crippen LogP contribution in [0.5, 0.6) is 23.0 Å². The van der Waals surface area contributed by atoms with Crippen LogP contribution in [0, 0.1) is 0 Å². The van der Waals surface area contributed by atoms with Crippen LogP contribution in [0.1, 0.15) is 28.4 Å². The molecule has 0 saturated carbocycles. The predicted octanol–water partition coefficient (Wildman–Crippen LogP) is 4.03. The van der Waals surface area contributed by atoms with Crippen molar-refractivity contribution in [2.45, 2.75) is 6.92 Å². The number of hydrazone groups is 1. The van der Waals surface area contributed by atoms with Crippen molar-refractivity contribution < 1.29 is 28.5 Å². The molecule has 0 unspecified atom stereocenters. The van der Waals surface area contributed by atoms with Gasteiger partial charge >= 0.3 is 0 Å². The number of hydrogen-bond donors (Lipinski definition) is 2. The zero-order chi connectivity index (χ0) is 26.8. The second-order valence-corrected chi connectivity index (χ2v) is 7.70. The fraction of sp³-hybridized carbons (Fsp3) is 0.179. The van der Waals surface area contributed by atoms with Gasteiger partial charge in [0, 0.05) is 11.1 Å². The molecule has 37 heavy (non-hydrogen) atoms. The van der Waals surface area contributed by atoms with Gasteiger partial charge in [0.25, 0.3) is 11.8 Å². The summed E-state index contributed by atoms with van der Waals surface area (Å²) in [5.41, 5.74) is 4.76. The molecule has 0 atom stereocenters. The van der Waals surface area contributed by atoms with E-state index in [-0.39, 0.29) is 5.70 Å². The van der Waals surface area contributed by atoms with E-state index in [2.05, 4.69) is 15.8 Å². The van der Waals surface area contributed by atoms with Crippen LogP contribution >= 0.6 is 0 Å². The normalized spacial score (nSPS) is 11.4. The van der Waals surface area contributed by atoms with E-state index in [1.165, 1.54) is 27.4 Å². The van der Waals surface area contributed by atoms with Crippen molar-refractivity contribution in [1.29, 1.82) is 0 Å². The Kier molecular flexibility index (Phi) is 9.26. The molecule has 9 heteroatoms. The van der Waals surface area contributed by atoms with Crippen molar-refractivity contribution in [3.63, 3.8) is 0 Å². The largest absolute Gasteiger partial charge is 0.493 e. The summed E-state index contributed by atoms with van der Waals surface area (Å²) in [7, 11) is 6.14. The Morgan fingerprint density at radius 1 is 0.730 bits per heavy atom. The zero-order valence-electron chi connectivity index (χ0n) is 21.3. The highest BCUT2D eigenvalue weighted by Crippen LogP contribution is 2.29. The van der Waals surface area contributed by atoms with E-state index in [1.54, 1.807) is 80.8 Å². The highest BCUT2D eigenvalue weighted by molar-refractivity contribution is 6.06. The van der Waals surface area contributed by atoms with E-state index in [9.17, 15) is 9.59 Å². The summed E-state index contributed by atoms with van der Waals surface area (Å²) >= 11 is 0. The lowest BCUT2D eigenvalue weighted by molar-refractivity contribution is -0.117. The maximum absolute atomic E-state index is 13.1. The topological polar surface area (TPSA) is 107 Å². The molecule has 0 aliphatic carbocycles. The minimum atomic E-state index is -0.612. The average Bonchev–Trinajstić information content (AvgIpc) is 2.95. The van der Waals surface area contributed by atoms with E-state index in [1.807, 2.05) is 0 Å². The Balaban J connectivity index is 1.90. The first-order valence-electron chi connectivity index (χ1n) is 11.3. The van der Waals surface area contributed by atoms with Gasteiger partial charge in [0.1, 0.15) is 5.70 Å². The van der Waals surface area contributed by atoms with Crippen molar-refractivity contribution in [3.8, 4) is 23.0 Å². The van der Waals surface area contributed by atoms with E-state index in [0.717, 1.165) is 5.56 Å². The molecule has 9 nitrogen and oxygen atoms in total. The molecule has 0 fully saturated rings. The van der Waals surface area contributed by atoms with Crippen molar-refractivity contribution >= 4 is 23.6 Å². The standard InChI is InChI=1S/C28H29N3O6/c1-18(21-12-14-24(35-3)26(17-21)37-5)30-31-28(33)22(29-27(32)20-9-7-6-8-10-20)15-19-11-13-23(34-2)25(16-19)36-4/h6-17H,1-5H3,(H,29,32)(H,31,33)/b22-15+,30-18-. The fourth-order valence-electron chi connectivity index (χ4n) is 3.37. The molecule has 0 heterocycles. The number of hydrogen-bond acceptors (Lipinski definition) is 7. The van der Waals surface area contributed by atoms with Crippen LogP contribution in [0.4, 0.5) is 0 Å². The summed E-state index contributed by atoms with van der Waals surface area (Å²) in [5, 5.41) is 6.89. The Hall–Kier alpha value is -4.79. The Morgan fingerprint density at radius 2 is 1.32 bits per heavy atom. The molecule has 3 rings (SSSR count). The lowest BCUT2D eigenvalue weighted by Gasteiger charge is -2.12. The SMILES string of the molecule is COc1ccc(/C=C(/NC(=O)c2ccccc2)C(=O)N/N=C(/C)c2ccc(OC)c(OC)c2)cc1OC. The quantitative estimate of drug-likeness (QED) is 0.246. The van der Waals surface area contributed by atoms with Crippen molar-refractivity contribution in [2.24, 2.45) is 5.10 Å². The molecule has 0 spiro atoms. The summed E-state index contributed by atoms with van der Waals surface area (Å²) in [6, 6.07) is 19.0. The van der Waals surface area contributed by atoms with E-state index >= 15 is 0 Å². The second kappa shape index (κ2) is 12.8. The Morgan fingerprint density at radius 3 is 1.95 bits per heavy atom. The van der Waals surface area contributed by atoms with Crippen LogP contribution < -0.4 is 29.7 Å². The van der Waals surface area contributed by atoms with Gasteiger partial charge in [-0.25, -0.2) is 5.43 Å². The third-order valence-corrected chi connectivity index (χ3v) is 5.37. The van der Waals surface area contributed by atoms with Gasteiger partial charge in [-0.3, -0.25) is 9.59 Å². The third-order valence-electron chi connectivity index (χ3n) is 5.37. The number of nitrogens with one attached hydrogen (secondary N) is 2. The molecular weight excluding hydrogens is 474 g/mol. The summed E-state index contributed by atoms with van der Waals surface area (Å²) in [6.45, 7) is 1.74. The lowest BCUT2D eigenvalue weighted by Crippen LogP contribution is -2.33. The van der Waals surface area contributed by atoms with E-state index in [4.69, 9.17) is 18.9 Å². The number of benzene rings is 3. The number of amides is 2. The molecular formula is C28H29N3O6. The van der Waals surface area contributed by atoms with Gasteiger partial charge in [-0.15, -0.1) is 0 Å². The van der Waals surface area contributed by atoms with E-state index in [0.29, 0.717) is 39.8 Å². The minimum absolute atomic E-state index is 0.00932.